The van der Waals surface area contributed by atoms with Crippen LogP contribution in [0.15, 0.2) is 36.9 Å². The van der Waals surface area contributed by atoms with Gasteiger partial charge < -0.3 is 20.9 Å². The van der Waals surface area contributed by atoms with Crippen molar-refractivity contribution in [1.29, 1.82) is 0 Å². The molecule has 1 aliphatic carbocycles. The maximum absolute atomic E-state index is 12.7. The van der Waals surface area contributed by atoms with Gasteiger partial charge in [0, 0.05) is 43.9 Å². The number of carbonyl (C=O) groups is 1. The van der Waals surface area contributed by atoms with Crippen LogP contribution in [0.25, 0.3) is 11.0 Å². The van der Waals surface area contributed by atoms with Crippen molar-refractivity contribution >= 4 is 28.3 Å². The minimum atomic E-state index is -0.174. The summed E-state index contributed by atoms with van der Waals surface area (Å²) in [6.45, 7) is 1.81. The summed E-state index contributed by atoms with van der Waals surface area (Å²) in [5.74, 6) is 0.383. The number of rotatable bonds is 4. The van der Waals surface area contributed by atoms with Gasteiger partial charge >= 0.3 is 0 Å². The summed E-state index contributed by atoms with van der Waals surface area (Å²) in [5.41, 5.74) is 10.8. The minimum absolute atomic E-state index is 0.174. The van der Waals surface area contributed by atoms with Gasteiger partial charge in [-0.2, -0.15) is 0 Å². The number of nitrogens with one attached hydrogen (secondary N) is 2. The van der Waals surface area contributed by atoms with E-state index in [9.17, 15) is 4.79 Å². The van der Waals surface area contributed by atoms with Crippen molar-refractivity contribution in [2.45, 2.75) is 37.6 Å². The van der Waals surface area contributed by atoms with Gasteiger partial charge in [-0.3, -0.25) is 9.78 Å². The maximum atomic E-state index is 12.7. The zero-order chi connectivity index (χ0) is 19.1. The molecule has 3 aromatic rings. The number of fused-ring (bicyclic) bond motifs is 1. The standard InChI is InChI=1S/C21H24N6O/c22-15-4-2-8-27(12-15)19-16(13-5-6-13)10-24-20-18(19)17(11-25-20)26-21(28)14-3-1-7-23-9-14/h1,3,7,9-11,13,15H,2,4-6,8,12,22H2,(H,24,25)(H,26,28). The number of carbonyl (C=O) groups excluding carboxylic acids is 1. The lowest BCUT2D eigenvalue weighted by atomic mass is 10.0. The lowest BCUT2D eigenvalue weighted by molar-refractivity contribution is 0.102. The van der Waals surface area contributed by atoms with E-state index in [4.69, 9.17) is 5.73 Å². The van der Waals surface area contributed by atoms with Gasteiger partial charge in [-0.05, 0) is 49.3 Å². The summed E-state index contributed by atoms with van der Waals surface area (Å²) in [5, 5.41) is 4.03. The lowest BCUT2D eigenvalue weighted by Crippen LogP contribution is -2.43. The van der Waals surface area contributed by atoms with Crippen LogP contribution in [0.5, 0.6) is 0 Å². The number of nitrogens with zero attached hydrogens (tertiary/aromatic N) is 3. The first-order valence-electron chi connectivity index (χ1n) is 9.92. The molecule has 3 aromatic heterocycles. The molecule has 0 spiro atoms. The van der Waals surface area contributed by atoms with Crippen LogP contribution in [0.4, 0.5) is 11.4 Å². The predicted octanol–water partition coefficient (Wildman–Crippen LogP) is 3.02. The van der Waals surface area contributed by atoms with E-state index in [0.29, 0.717) is 11.5 Å². The van der Waals surface area contributed by atoms with Crippen molar-refractivity contribution in [3.05, 3.63) is 48.0 Å². The Morgan fingerprint density at radius 1 is 1.29 bits per heavy atom. The Labute approximate surface area is 163 Å². The summed E-state index contributed by atoms with van der Waals surface area (Å²) in [6.07, 6.45) is 11.6. The smallest absolute Gasteiger partial charge is 0.257 e. The van der Waals surface area contributed by atoms with Gasteiger partial charge in [-0.1, -0.05) is 0 Å². The van der Waals surface area contributed by atoms with Gasteiger partial charge in [-0.25, -0.2) is 4.98 Å². The fraction of sp³-hybridized carbons (Fsp3) is 0.381. The number of hydrogen-bond acceptors (Lipinski definition) is 5. The number of aromatic nitrogens is 3. The zero-order valence-electron chi connectivity index (χ0n) is 15.7. The van der Waals surface area contributed by atoms with Gasteiger partial charge in [0.15, 0.2) is 0 Å². The predicted molar refractivity (Wildman–Crippen MR) is 110 cm³/mol. The van der Waals surface area contributed by atoms with E-state index < -0.39 is 0 Å². The number of pyridine rings is 2. The monoisotopic (exact) mass is 376 g/mol. The minimum Gasteiger partial charge on any atom is -0.369 e. The van der Waals surface area contributed by atoms with E-state index in [2.05, 4.69) is 25.2 Å². The topological polar surface area (TPSA) is 99.9 Å². The number of anilines is 2. The van der Waals surface area contributed by atoms with Gasteiger partial charge in [0.25, 0.3) is 5.91 Å². The van der Waals surface area contributed by atoms with E-state index >= 15 is 0 Å². The number of aromatic amines is 1. The van der Waals surface area contributed by atoms with Crippen LogP contribution in [0, 0.1) is 0 Å². The first-order valence-corrected chi connectivity index (χ1v) is 9.92. The number of nitrogens with two attached hydrogens (primary N) is 1. The first-order chi connectivity index (χ1) is 13.7. The van der Waals surface area contributed by atoms with E-state index in [1.807, 2.05) is 12.4 Å². The molecule has 4 N–H and O–H groups in total. The van der Waals surface area contributed by atoms with E-state index in [0.717, 1.165) is 42.7 Å². The molecule has 1 aliphatic heterocycles. The van der Waals surface area contributed by atoms with Crippen LogP contribution in [-0.2, 0) is 0 Å². The molecule has 1 saturated carbocycles. The Kier molecular flexibility index (Phi) is 4.24. The third-order valence-electron chi connectivity index (χ3n) is 5.67. The molecule has 0 radical (unpaired) electrons. The fourth-order valence-corrected chi connectivity index (χ4v) is 4.13. The molecule has 0 aromatic carbocycles. The Morgan fingerprint density at radius 3 is 2.93 bits per heavy atom. The molecule has 1 saturated heterocycles. The number of H-pyrrole nitrogens is 1. The van der Waals surface area contributed by atoms with Crippen LogP contribution < -0.4 is 16.0 Å². The van der Waals surface area contributed by atoms with Crippen molar-refractivity contribution < 1.29 is 4.79 Å². The molecule has 5 rings (SSSR count). The van der Waals surface area contributed by atoms with Crippen LogP contribution in [-0.4, -0.2) is 40.0 Å². The van der Waals surface area contributed by atoms with Crippen molar-refractivity contribution in [3.8, 4) is 0 Å². The molecular formula is C21H24N6O. The third-order valence-corrected chi connectivity index (χ3v) is 5.67. The highest BCUT2D eigenvalue weighted by atomic mass is 16.1. The molecule has 0 bridgehead atoms. The maximum Gasteiger partial charge on any atom is 0.257 e. The Balaban J connectivity index is 1.59. The molecule has 7 nitrogen and oxygen atoms in total. The Morgan fingerprint density at radius 2 is 2.18 bits per heavy atom. The van der Waals surface area contributed by atoms with Crippen LogP contribution in [0.3, 0.4) is 0 Å². The quantitative estimate of drug-likeness (QED) is 0.650. The highest BCUT2D eigenvalue weighted by Gasteiger charge is 2.32. The Hall–Kier alpha value is -2.93. The summed E-state index contributed by atoms with van der Waals surface area (Å²) in [6, 6.07) is 3.70. The molecule has 2 fully saturated rings. The number of amides is 1. The molecular weight excluding hydrogens is 352 g/mol. The molecule has 1 atom stereocenters. The molecule has 4 heterocycles. The van der Waals surface area contributed by atoms with Gasteiger partial charge in [0.1, 0.15) is 5.65 Å². The van der Waals surface area contributed by atoms with E-state index in [1.165, 1.54) is 24.1 Å². The Bertz CT molecular complexity index is 1010. The molecule has 28 heavy (non-hydrogen) atoms. The molecule has 2 aliphatic rings. The highest BCUT2D eigenvalue weighted by molar-refractivity contribution is 6.11. The lowest BCUT2D eigenvalue weighted by Gasteiger charge is -2.34. The second-order valence-corrected chi connectivity index (χ2v) is 7.81. The van der Waals surface area contributed by atoms with Crippen molar-refractivity contribution in [1.82, 2.24) is 15.0 Å². The second-order valence-electron chi connectivity index (χ2n) is 7.81. The zero-order valence-corrected chi connectivity index (χ0v) is 15.7. The fourth-order valence-electron chi connectivity index (χ4n) is 4.13. The van der Waals surface area contributed by atoms with Gasteiger partial charge in [0.2, 0.25) is 0 Å². The molecule has 144 valence electrons. The van der Waals surface area contributed by atoms with Crippen LogP contribution >= 0.6 is 0 Å². The van der Waals surface area contributed by atoms with Crippen molar-refractivity contribution in [2.24, 2.45) is 5.73 Å². The van der Waals surface area contributed by atoms with Crippen LogP contribution in [0.1, 0.15) is 47.5 Å². The first kappa shape index (κ1) is 17.2. The number of hydrogen-bond donors (Lipinski definition) is 3. The summed E-state index contributed by atoms with van der Waals surface area (Å²) in [4.78, 5) is 27.0. The van der Waals surface area contributed by atoms with E-state index in [1.54, 1.807) is 24.5 Å². The summed E-state index contributed by atoms with van der Waals surface area (Å²) < 4.78 is 0. The number of piperidine rings is 1. The average Bonchev–Trinajstić information content (AvgIpc) is 3.49. The largest absolute Gasteiger partial charge is 0.369 e. The van der Waals surface area contributed by atoms with Crippen molar-refractivity contribution in [2.75, 3.05) is 23.3 Å². The van der Waals surface area contributed by atoms with Crippen LogP contribution in [0.2, 0.25) is 0 Å². The molecule has 1 unspecified atom stereocenters. The van der Waals surface area contributed by atoms with Gasteiger partial charge in [-0.15, -0.1) is 0 Å². The summed E-state index contributed by atoms with van der Waals surface area (Å²) in [7, 11) is 0. The normalized spacial score (nSPS) is 19.8. The highest BCUT2D eigenvalue weighted by Crippen LogP contribution is 2.48. The second kappa shape index (κ2) is 6.91. The SMILES string of the molecule is NC1CCCN(c2c(C3CC3)cnc3[nH]cc(NC(=O)c4cccnc4)c23)C1. The van der Waals surface area contributed by atoms with Gasteiger partial charge in [0.05, 0.1) is 22.3 Å². The molecule has 1 amide bonds. The molecule has 7 heteroatoms. The average molecular weight is 376 g/mol. The third kappa shape index (κ3) is 3.11. The van der Waals surface area contributed by atoms with Crippen molar-refractivity contribution in [3.63, 3.8) is 0 Å². The summed E-state index contributed by atoms with van der Waals surface area (Å²) >= 11 is 0. The van der Waals surface area contributed by atoms with E-state index in [-0.39, 0.29) is 11.9 Å².